The molecule has 2 N–H and O–H groups in total. The molecule has 0 bridgehead atoms. The summed E-state index contributed by atoms with van der Waals surface area (Å²) >= 11 is 6.09. The third-order valence-electron chi connectivity index (χ3n) is 4.16. The van der Waals surface area contributed by atoms with Crippen LogP contribution in [-0.4, -0.2) is 17.4 Å². The molecule has 0 aliphatic rings. The van der Waals surface area contributed by atoms with Crippen molar-refractivity contribution >= 4 is 39.3 Å². The topological polar surface area (TPSA) is 44.9 Å². The van der Waals surface area contributed by atoms with Crippen LogP contribution in [0.25, 0.3) is 21.8 Å². The lowest BCUT2D eigenvalue weighted by Gasteiger charge is -2.14. The third kappa shape index (κ3) is 3.20. The Labute approximate surface area is 141 Å². The molecule has 120 valence electrons. The van der Waals surface area contributed by atoms with Crippen LogP contribution in [0.2, 0.25) is 5.02 Å². The van der Waals surface area contributed by atoms with E-state index in [2.05, 4.69) is 36.3 Å². The van der Waals surface area contributed by atoms with Crippen molar-refractivity contribution in [3.05, 3.63) is 47.0 Å². The van der Waals surface area contributed by atoms with E-state index >= 15 is 0 Å². The Balaban J connectivity index is 1.93. The van der Waals surface area contributed by atoms with E-state index in [0.29, 0.717) is 12.5 Å². The second-order valence-corrected chi connectivity index (χ2v) is 6.92. The van der Waals surface area contributed by atoms with Gasteiger partial charge in [-0.15, -0.1) is 0 Å². The maximum absolute atomic E-state index is 12.3. The van der Waals surface area contributed by atoms with E-state index in [4.69, 9.17) is 11.6 Å². The van der Waals surface area contributed by atoms with Gasteiger partial charge in [-0.3, -0.25) is 4.79 Å². The van der Waals surface area contributed by atoms with Gasteiger partial charge in [0.05, 0.1) is 5.92 Å². The fourth-order valence-electron chi connectivity index (χ4n) is 2.77. The van der Waals surface area contributed by atoms with Gasteiger partial charge in [-0.05, 0) is 42.7 Å². The minimum Gasteiger partial charge on any atom is -0.355 e. The highest BCUT2D eigenvalue weighted by Crippen LogP contribution is 2.30. The van der Waals surface area contributed by atoms with Gasteiger partial charge in [-0.25, -0.2) is 0 Å². The molecule has 1 heterocycles. The Morgan fingerprint density at radius 3 is 2.61 bits per heavy atom. The molecule has 0 unspecified atom stereocenters. The summed E-state index contributed by atoms with van der Waals surface area (Å²) in [5.74, 6) is 0.345. The van der Waals surface area contributed by atoms with Crippen LogP contribution >= 0.6 is 11.6 Å². The van der Waals surface area contributed by atoms with Gasteiger partial charge in [0.15, 0.2) is 0 Å². The lowest BCUT2D eigenvalue weighted by molar-refractivity contribution is -0.122. The number of hydrogen-bond donors (Lipinski definition) is 2. The molecule has 3 aromatic rings. The zero-order chi connectivity index (χ0) is 16.6. The monoisotopic (exact) mass is 328 g/mol. The van der Waals surface area contributed by atoms with Crippen LogP contribution in [0.4, 0.5) is 0 Å². The van der Waals surface area contributed by atoms with E-state index < -0.39 is 0 Å². The number of aromatic amines is 1. The summed E-state index contributed by atoms with van der Waals surface area (Å²) in [4.78, 5) is 15.7. The van der Waals surface area contributed by atoms with Crippen molar-refractivity contribution in [3.63, 3.8) is 0 Å². The van der Waals surface area contributed by atoms with Crippen LogP contribution in [0.1, 0.15) is 32.3 Å². The SMILES string of the molecule is CC(C)CNC(=O)[C@H](C)c1ccc2c(c1)[nH]c1ccc(Cl)cc12. The normalized spacial score (nSPS) is 12.9. The largest absolute Gasteiger partial charge is 0.355 e. The fourth-order valence-corrected chi connectivity index (χ4v) is 2.94. The Morgan fingerprint density at radius 2 is 1.87 bits per heavy atom. The summed E-state index contributed by atoms with van der Waals surface area (Å²) in [5, 5.41) is 5.96. The number of amides is 1. The lowest BCUT2D eigenvalue weighted by Crippen LogP contribution is -2.31. The van der Waals surface area contributed by atoms with Crippen LogP contribution < -0.4 is 5.32 Å². The van der Waals surface area contributed by atoms with Crippen molar-refractivity contribution in [2.75, 3.05) is 6.54 Å². The van der Waals surface area contributed by atoms with E-state index in [-0.39, 0.29) is 11.8 Å². The highest BCUT2D eigenvalue weighted by molar-refractivity contribution is 6.31. The van der Waals surface area contributed by atoms with Crippen LogP contribution in [0.3, 0.4) is 0 Å². The number of carbonyl (C=O) groups is 1. The fraction of sp³-hybridized carbons (Fsp3) is 0.316. The van der Waals surface area contributed by atoms with E-state index in [1.807, 2.05) is 31.2 Å². The smallest absolute Gasteiger partial charge is 0.227 e. The van der Waals surface area contributed by atoms with E-state index in [0.717, 1.165) is 32.4 Å². The molecule has 0 aliphatic carbocycles. The number of halogens is 1. The molecule has 3 nitrogen and oxygen atoms in total. The maximum atomic E-state index is 12.3. The van der Waals surface area contributed by atoms with Crippen molar-refractivity contribution in [1.29, 1.82) is 0 Å². The van der Waals surface area contributed by atoms with Crippen LogP contribution in [0.5, 0.6) is 0 Å². The molecule has 2 aromatic carbocycles. The van der Waals surface area contributed by atoms with Gasteiger partial charge >= 0.3 is 0 Å². The first kappa shape index (κ1) is 15.9. The van der Waals surface area contributed by atoms with Crippen molar-refractivity contribution in [2.24, 2.45) is 5.92 Å². The minimum absolute atomic E-state index is 0.0669. The summed E-state index contributed by atoms with van der Waals surface area (Å²) in [6, 6.07) is 12.0. The Kier molecular flexibility index (Phi) is 4.31. The average Bonchev–Trinajstić information content (AvgIpc) is 2.88. The molecular formula is C19H21ClN2O. The second-order valence-electron chi connectivity index (χ2n) is 6.48. The van der Waals surface area contributed by atoms with Crippen LogP contribution in [0.15, 0.2) is 36.4 Å². The van der Waals surface area contributed by atoms with Crippen LogP contribution in [0, 0.1) is 5.92 Å². The second kappa shape index (κ2) is 6.25. The average molecular weight is 329 g/mol. The molecule has 3 rings (SSSR count). The van der Waals surface area contributed by atoms with Crippen LogP contribution in [-0.2, 0) is 4.79 Å². The summed E-state index contributed by atoms with van der Waals surface area (Å²) in [6.45, 7) is 6.83. The summed E-state index contributed by atoms with van der Waals surface area (Å²) in [6.07, 6.45) is 0. The van der Waals surface area contributed by atoms with Crippen molar-refractivity contribution in [2.45, 2.75) is 26.7 Å². The number of fused-ring (bicyclic) bond motifs is 3. The molecule has 23 heavy (non-hydrogen) atoms. The number of H-pyrrole nitrogens is 1. The number of carbonyl (C=O) groups excluding carboxylic acids is 1. The van der Waals surface area contributed by atoms with Gasteiger partial charge in [-0.2, -0.15) is 0 Å². The predicted octanol–water partition coefficient (Wildman–Crippen LogP) is 4.85. The number of hydrogen-bond acceptors (Lipinski definition) is 1. The highest BCUT2D eigenvalue weighted by atomic mass is 35.5. The predicted molar refractivity (Wildman–Crippen MR) is 97.1 cm³/mol. The number of benzene rings is 2. The molecule has 0 spiro atoms. The highest BCUT2D eigenvalue weighted by Gasteiger charge is 2.16. The minimum atomic E-state index is -0.173. The molecule has 0 fully saturated rings. The van der Waals surface area contributed by atoms with Crippen molar-refractivity contribution < 1.29 is 4.79 Å². The molecular weight excluding hydrogens is 308 g/mol. The first-order chi connectivity index (χ1) is 11.0. The molecule has 4 heteroatoms. The maximum Gasteiger partial charge on any atom is 0.227 e. The number of rotatable bonds is 4. The zero-order valence-electron chi connectivity index (χ0n) is 13.6. The lowest BCUT2D eigenvalue weighted by atomic mass is 9.98. The first-order valence-electron chi connectivity index (χ1n) is 7.94. The van der Waals surface area contributed by atoms with E-state index in [1.165, 1.54) is 0 Å². The summed E-state index contributed by atoms with van der Waals surface area (Å²) < 4.78 is 0. The molecule has 0 saturated carbocycles. The van der Waals surface area contributed by atoms with Gasteiger partial charge in [-0.1, -0.05) is 37.6 Å². The first-order valence-corrected chi connectivity index (χ1v) is 8.32. The Bertz CT molecular complexity index is 866. The number of nitrogens with one attached hydrogen (secondary N) is 2. The summed E-state index contributed by atoms with van der Waals surface area (Å²) in [7, 11) is 0. The van der Waals surface area contributed by atoms with Gasteiger partial charge in [0.2, 0.25) is 5.91 Å². The molecule has 0 radical (unpaired) electrons. The Morgan fingerprint density at radius 1 is 1.09 bits per heavy atom. The van der Waals surface area contributed by atoms with Gasteiger partial charge in [0, 0.05) is 33.4 Å². The zero-order valence-corrected chi connectivity index (χ0v) is 14.4. The van der Waals surface area contributed by atoms with E-state index in [1.54, 1.807) is 0 Å². The summed E-state index contributed by atoms with van der Waals surface area (Å²) in [5.41, 5.74) is 3.10. The third-order valence-corrected chi connectivity index (χ3v) is 4.40. The molecule has 0 saturated heterocycles. The molecule has 1 atom stereocenters. The van der Waals surface area contributed by atoms with Gasteiger partial charge < -0.3 is 10.3 Å². The number of aromatic nitrogens is 1. The molecule has 1 aromatic heterocycles. The van der Waals surface area contributed by atoms with Gasteiger partial charge in [0.25, 0.3) is 0 Å². The molecule has 0 aliphatic heterocycles. The quantitative estimate of drug-likeness (QED) is 0.706. The van der Waals surface area contributed by atoms with Crippen molar-refractivity contribution in [3.8, 4) is 0 Å². The van der Waals surface area contributed by atoms with E-state index in [9.17, 15) is 4.79 Å². The molecule has 1 amide bonds. The Hall–Kier alpha value is -2.00. The van der Waals surface area contributed by atoms with Crippen molar-refractivity contribution in [1.82, 2.24) is 10.3 Å². The van der Waals surface area contributed by atoms with Gasteiger partial charge in [0.1, 0.15) is 0 Å². The standard InChI is InChI=1S/C19H21ClN2O/c1-11(2)10-21-19(23)12(3)13-4-6-15-16-9-14(20)5-7-17(16)22-18(15)8-13/h4-9,11-12,22H,10H2,1-3H3,(H,21,23)/t12-/m1/s1.